The second-order valence-electron chi connectivity index (χ2n) is 8.21. The van der Waals surface area contributed by atoms with Crippen LogP contribution in [0.4, 0.5) is 16.2 Å². The Labute approximate surface area is 188 Å². The number of hydrogen-bond donors (Lipinski definition) is 2. The Morgan fingerprint density at radius 1 is 0.968 bits per heavy atom. The molecule has 31 heavy (non-hydrogen) atoms. The van der Waals surface area contributed by atoms with Crippen LogP contribution in [0.3, 0.4) is 0 Å². The number of halogens is 1. The topological polar surface area (TPSA) is 81.8 Å². The number of hydrogen-bond acceptors (Lipinski definition) is 4. The molecule has 2 aromatic rings. The van der Waals surface area contributed by atoms with E-state index in [0.717, 1.165) is 38.8 Å². The fourth-order valence-corrected chi connectivity index (χ4v) is 6.08. The van der Waals surface area contributed by atoms with Gasteiger partial charge in [-0.1, -0.05) is 17.7 Å². The highest BCUT2D eigenvalue weighted by Crippen LogP contribution is 2.36. The minimum atomic E-state index is -3.58. The predicted octanol–water partition coefficient (Wildman–Crippen LogP) is 4.23. The molecule has 2 fully saturated rings. The van der Waals surface area contributed by atoms with Crippen LogP contribution >= 0.6 is 11.6 Å². The number of anilines is 2. The Morgan fingerprint density at radius 3 is 2.19 bits per heavy atom. The molecule has 0 atom stereocenters. The van der Waals surface area contributed by atoms with Crippen LogP contribution in [-0.4, -0.2) is 55.9 Å². The van der Waals surface area contributed by atoms with Crippen molar-refractivity contribution in [3.05, 3.63) is 53.6 Å². The molecule has 9 heteroatoms. The lowest BCUT2D eigenvalue weighted by molar-refractivity contribution is 0.178. The van der Waals surface area contributed by atoms with Crippen LogP contribution in [0, 0.1) is 0 Å². The Morgan fingerprint density at radius 2 is 1.58 bits per heavy atom. The van der Waals surface area contributed by atoms with Gasteiger partial charge in [-0.15, -0.1) is 0 Å². The minimum Gasteiger partial charge on any atom is -0.308 e. The first-order valence-electron chi connectivity index (χ1n) is 10.5. The van der Waals surface area contributed by atoms with Gasteiger partial charge in [0.2, 0.25) is 10.0 Å². The molecule has 0 aromatic heterocycles. The van der Waals surface area contributed by atoms with Crippen LogP contribution in [0.15, 0.2) is 53.4 Å². The van der Waals surface area contributed by atoms with E-state index in [1.807, 2.05) is 0 Å². The van der Waals surface area contributed by atoms with Gasteiger partial charge in [-0.2, -0.15) is 4.31 Å². The van der Waals surface area contributed by atoms with Crippen LogP contribution in [0.2, 0.25) is 5.02 Å². The van der Waals surface area contributed by atoms with Crippen LogP contribution in [0.5, 0.6) is 0 Å². The van der Waals surface area contributed by atoms with Crippen molar-refractivity contribution in [2.45, 2.75) is 42.7 Å². The summed E-state index contributed by atoms with van der Waals surface area (Å²) in [6, 6.07) is 12.9. The van der Waals surface area contributed by atoms with Crippen molar-refractivity contribution in [3.63, 3.8) is 0 Å². The quantitative estimate of drug-likeness (QED) is 0.673. The number of rotatable bonds is 6. The number of carbonyl (C=O) groups excluding carboxylic acids is 1. The summed E-state index contributed by atoms with van der Waals surface area (Å²) in [6.07, 6.45) is 3.56. The third-order valence-electron chi connectivity index (χ3n) is 5.72. The highest BCUT2D eigenvalue weighted by atomic mass is 35.5. The first-order valence-corrected chi connectivity index (χ1v) is 12.3. The van der Waals surface area contributed by atoms with E-state index in [9.17, 15) is 13.2 Å². The second-order valence-corrected chi connectivity index (χ2v) is 10.5. The lowest BCUT2D eigenvalue weighted by atomic mass is 10.1. The molecule has 0 spiro atoms. The van der Waals surface area contributed by atoms with Gasteiger partial charge in [-0.05, 0) is 88.3 Å². The number of benzene rings is 2. The lowest BCUT2D eigenvalue weighted by Crippen LogP contribution is -2.47. The van der Waals surface area contributed by atoms with Gasteiger partial charge in [0, 0.05) is 28.5 Å². The largest absolute Gasteiger partial charge is 0.323 e. The summed E-state index contributed by atoms with van der Waals surface area (Å²) >= 11 is 5.93. The molecule has 0 radical (unpaired) electrons. The summed E-state index contributed by atoms with van der Waals surface area (Å²) in [6.45, 7) is 1.82. The van der Waals surface area contributed by atoms with E-state index in [-0.39, 0.29) is 17.0 Å². The summed E-state index contributed by atoms with van der Waals surface area (Å²) < 4.78 is 28.5. The van der Waals surface area contributed by atoms with Crippen LogP contribution in [0.25, 0.3) is 0 Å². The average Bonchev–Trinajstić information content (AvgIpc) is 3.55. The van der Waals surface area contributed by atoms with Gasteiger partial charge in [0.25, 0.3) is 0 Å². The SMILES string of the molecule is CN1CCC(N(C2CC2)S(=O)(=O)c2ccc(NC(=O)Nc3cccc(Cl)c3)cc2)CC1. The van der Waals surface area contributed by atoms with Crippen molar-refractivity contribution in [2.24, 2.45) is 0 Å². The van der Waals surface area contributed by atoms with E-state index in [1.165, 1.54) is 0 Å². The van der Waals surface area contributed by atoms with Gasteiger partial charge in [-0.3, -0.25) is 0 Å². The first kappa shape index (κ1) is 22.1. The van der Waals surface area contributed by atoms with Crippen molar-refractivity contribution in [2.75, 3.05) is 30.8 Å². The molecule has 2 N–H and O–H groups in total. The predicted molar refractivity (Wildman–Crippen MR) is 123 cm³/mol. The lowest BCUT2D eigenvalue weighted by Gasteiger charge is -2.36. The number of carbonyl (C=O) groups is 1. The zero-order valence-corrected chi connectivity index (χ0v) is 19.0. The molecule has 2 aliphatic rings. The number of likely N-dealkylation sites (tertiary alicyclic amines) is 1. The van der Waals surface area contributed by atoms with Crippen LogP contribution < -0.4 is 10.6 Å². The van der Waals surface area contributed by atoms with Gasteiger partial charge in [0.1, 0.15) is 0 Å². The summed E-state index contributed by atoms with van der Waals surface area (Å²) in [5.41, 5.74) is 1.08. The van der Waals surface area contributed by atoms with Gasteiger partial charge in [0.15, 0.2) is 0 Å². The van der Waals surface area contributed by atoms with Crippen molar-refractivity contribution >= 4 is 39.0 Å². The normalized spacial score (nSPS) is 18.2. The average molecular weight is 463 g/mol. The smallest absolute Gasteiger partial charge is 0.308 e. The molecule has 1 saturated heterocycles. The number of nitrogens with one attached hydrogen (secondary N) is 2. The van der Waals surface area contributed by atoms with Crippen molar-refractivity contribution in [3.8, 4) is 0 Å². The Bertz CT molecular complexity index is 1030. The number of urea groups is 1. The molecule has 1 aliphatic carbocycles. The fourth-order valence-electron chi connectivity index (χ4n) is 3.96. The van der Waals surface area contributed by atoms with Gasteiger partial charge < -0.3 is 15.5 Å². The molecule has 0 unspecified atom stereocenters. The molecule has 1 heterocycles. The highest BCUT2D eigenvalue weighted by Gasteiger charge is 2.43. The summed E-state index contributed by atoms with van der Waals surface area (Å²) in [4.78, 5) is 14.7. The third kappa shape index (κ3) is 5.38. The molecule has 166 valence electrons. The van der Waals surface area contributed by atoms with E-state index in [1.54, 1.807) is 52.8 Å². The van der Waals surface area contributed by atoms with Crippen LogP contribution in [0.1, 0.15) is 25.7 Å². The van der Waals surface area contributed by atoms with E-state index in [4.69, 9.17) is 11.6 Å². The zero-order chi connectivity index (χ0) is 22.0. The fraction of sp³-hybridized carbons (Fsp3) is 0.409. The van der Waals surface area contributed by atoms with Gasteiger partial charge in [0.05, 0.1) is 4.90 Å². The van der Waals surface area contributed by atoms with E-state index in [0.29, 0.717) is 16.4 Å². The summed E-state index contributed by atoms with van der Waals surface area (Å²) in [5.74, 6) is 0. The van der Waals surface area contributed by atoms with E-state index >= 15 is 0 Å². The van der Waals surface area contributed by atoms with Gasteiger partial charge in [-0.25, -0.2) is 13.2 Å². The summed E-state index contributed by atoms with van der Waals surface area (Å²) in [5, 5.41) is 5.94. The molecule has 7 nitrogen and oxygen atoms in total. The van der Waals surface area contributed by atoms with Gasteiger partial charge >= 0.3 is 6.03 Å². The molecule has 2 amide bonds. The molecule has 0 bridgehead atoms. The standard InChI is InChI=1S/C22H27ClN4O3S/c1-26-13-11-20(12-14-26)27(19-7-8-19)31(29,30)21-9-5-17(6-10-21)24-22(28)25-18-4-2-3-16(23)15-18/h2-6,9-10,15,19-20H,7-8,11-14H2,1H3,(H2,24,25,28). The number of amides is 2. The number of nitrogens with zero attached hydrogens (tertiary/aromatic N) is 2. The Balaban J connectivity index is 1.44. The number of piperidine rings is 1. The second kappa shape index (κ2) is 9.16. The minimum absolute atomic E-state index is 0.0509. The summed E-state index contributed by atoms with van der Waals surface area (Å²) in [7, 11) is -1.51. The monoisotopic (exact) mass is 462 g/mol. The molecule has 1 aliphatic heterocycles. The number of sulfonamides is 1. The first-order chi connectivity index (χ1) is 14.8. The molecule has 4 rings (SSSR count). The maximum atomic E-state index is 13.4. The zero-order valence-electron chi connectivity index (χ0n) is 17.4. The maximum absolute atomic E-state index is 13.4. The third-order valence-corrected chi connectivity index (χ3v) is 7.98. The van der Waals surface area contributed by atoms with E-state index < -0.39 is 16.1 Å². The van der Waals surface area contributed by atoms with E-state index in [2.05, 4.69) is 22.6 Å². The highest BCUT2D eigenvalue weighted by molar-refractivity contribution is 7.89. The van der Waals surface area contributed by atoms with Crippen molar-refractivity contribution in [1.29, 1.82) is 0 Å². The Hall–Kier alpha value is -2.13. The maximum Gasteiger partial charge on any atom is 0.323 e. The van der Waals surface area contributed by atoms with Crippen molar-refractivity contribution in [1.82, 2.24) is 9.21 Å². The molecule has 2 aromatic carbocycles. The van der Waals surface area contributed by atoms with Crippen LogP contribution in [-0.2, 0) is 10.0 Å². The molecular formula is C22H27ClN4O3S. The molecule has 1 saturated carbocycles. The Kier molecular flexibility index (Phi) is 6.52. The molecular weight excluding hydrogens is 436 g/mol. The van der Waals surface area contributed by atoms with Crippen molar-refractivity contribution < 1.29 is 13.2 Å².